The maximum Gasteiger partial charge on any atom is 0.337 e. The van der Waals surface area contributed by atoms with Gasteiger partial charge in [0, 0.05) is 58.2 Å². The van der Waals surface area contributed by atoms with Gasteiger partial charge in [-0.05, 0) is 16.8 Å². The van der Waals surface area contributed by atoms with Gasteiger partial charge in [0.1, 0.15) is 0 Å². The normalized spacial score (nSPS) is 9.80. The van der Waals surface area contributed by atoms with Crippen LogP contribution in [0.1, 0.15) is 31.1 Å². The summed E-state index contributed by atoms with van der Waals surface area (Å²) >= 11 is 0. The summed E-state index contributed by atoms with van der Waals surface area (Å²) < 4.78 is 0. The molecule has 1 radical (unpaired) electrons. The summed E-state index contributed by atoms with van der Waals surface area (Å²) in [7, 11) is 0. The Kier molecular flexibility index (Phi) is 5.58. The molecule has 0 spiro atoms. The molecule has 0 fully saturated rings. The Morgan fingerprint density at radius 3 is 1.85 bits per heavy atom. The molecule has 2 aromatic rings. The number of hydrogen-bond acceptors (Lipinski definition) is 3. The molecule has 7 heteroatoms. The number of carbonyl (C=O) groups is 3. The van der Waals surface area contributed by atoms with Crippen molar-refractivity contribution in [1.82, 2.24) is 0 Å². The third kappa shape index (κ3) is 2.98. The van der Waals surface area contributed by atoms with Crippen molar-refractivity contribution in [3.8, 4) is 0 Å². The first-order valence-corrected chi connectivity index (χ1v) is 5.19. The second-order valence-electron chi connectivity index (χ2n) is 3.81. The zero-order valence-corrected chi connectivity index (χ0v) is 15.4. The van der Waals surface area contributed by atoms with E-state index in [1.165, 1.54) is 12.1 Å². The fourth-order valence-electron chi connectivity index (χ4n) is 1.96. The van der Waals surface area contributed by atoms with Crippen molar-refractivity contribution in [3.05, 3.63) is 47.0 Å². The summed E-state index contributed by atoms with van der Waals surface area (Å²) in [4.78, 5) is 33.5. The molecule has 0 unspecified atom stereocenters. The van der Waals surface area contributed by atoms with Crippen LogP contribution in [0.25, 0.3) is 10.8 Å². The van der Waals surface area contributed by atoms with Crippen molar-refractivity contribution in [2.24, 2.45) is 0 Å². The van der Waals surface area contributed by atoms with Crippen molar-refractivity contribution >= 4 is 86.9 Å². The van der Waals surface area contributed by atoms with E-state index in [1.807, 2.05) is 0 Å². The number of aromatic carboxylic acids is 3. The van der Waals surface area contributed by atoms with Crippen LogP contribution in [0.3, 0.4) is 0 Å². The molecule has 0 heterocycles. The van der Waals surface area contributed by atoms with Gasteiger partial charge in [-0.3, -0.25) is 0 Å². The Morgan fingerprint density at radius 2 is 1.35 bits per heavy atom. The minimum atomic E-state index is -1.58. The van der Waals surface area contributed by atoms with Gasteiger partial charge in [-0.25, -0.2) is 14.4 Å². The number of rotatable bonds is 3. The largest absolute Gasteiger partial charge is 0.478 e. The van der Waals surface area contributed by atoms with Crippen molar-refractivity contribution in [3.63, 3.8) is 0 Å². The first-order valence-electron chi connectivity index (χ1n) is 5.19. The summed E-state index contributed by atoms with van der Waals surface area (Å²) in [6.07, 6.45) is 0. The number of fused-ring (bicyclic) bond motifs is 1. The first kappa shape index (κ1) is 17.0. The predicted molar refractivity (Wildman–Crippen MR) is 70.6 cm³/mol. The van der Waals surface area contributed by atoms with E-state index in [9.17, 15) is 14.4 Å². The van der Waals surface area contributed by atoms with Gasteiger partial charge in [-0.15, -0.1) is 0 Å². The molecule has 0 saturated carbocycles. The van der Waals surface area contributed by atoms with Crippen LogP contribution in [0.5, 0.6) is 0 Å². The van der Waals surface area contributed by atoms with E-state index in [0.717, 1.165) is 6.07 Å². The average Bonchev–Trinajstić information content (AvgIpc) is 2.35. The Balaban J connectivity index is 0.00000200. The summed E-state index contributed by atoms with van der Waals surface area (Å²) in [6.45, 7) is 0. The van der Waals surface area contributed by atoms with Crippen molar-refractivity contribution in [2.45, 2.75) is 0 Å². The van der Waals surface area contributed by atoms with Crippen LogP contribution in [0.15, 0.2) is 30.3 Å². The van der Waals surface area contributed by atoms with Crippen LogP contribution < -0.4 is 0 Å². The zero-order valence-electron chi connectivity index (χ0n) is 10.5. The number of carboxylic acids is 3. The molecule has 0 aromatic heterocycles. The van der Waals surface area contributed by atoms with Crippen LogP contribution in [-0.4, -0.2) is 91.4 Å². The van der Waals surface area contributed by atoms with Crippen LogP contribution >= 0.6 is 0 Å². The average molecular weight is 346 g/mol. The Bertz CT molecular complexity index is 722. The maximum absolute atomic E-state index is 11.3. The maximum atomic E-state index is 11.3. The van der Waals surface area contributed by atoms with Gasteiger partial charge in [0.05, 0.1) is 16.7 Å². The third-order valence-electron chi connectivity index (χ3n) is 2.71. The smallest absolute Gasteiger partial charge is 0.337 e. The molecule has 20 heavy (non-hydrogen) atoms. The molecular formula is C13H8O6Rb. The molecular weight excluding hydrogens is 338 g/mol. The molecule has 6 nitrogen and oxygen atoms in total. The first-order chi connectivity index (χ1) is 8.93. The number of hydrogen-bond donors (Lipinski definition) is 3. The second-order valence-corrected chi connectivity index (χ2v) is 3.81. The van der Waals surface area contributed by atoms with E-state index in [1.54, 1.807) is 12.1 Å². The molecule has 97 valence electrons. The minimum absolute atomic E-state index is 0. The Labute approximate surface area is 161 Å². The predicted octanol–water partition coefficient (Wildman–Crippen LogP) is 1.55. The molecule has 0 bridgehead atoms. The monoisotopic (exact) mass is 345 g/mol. The van der Waals surface area contributed by atoms with Crippen LogP contribution in [-0.2, 0) is 0 Å². The molecule has 0 saturated heterocycles. The van der Waals surface area contributed by atoms with E-state index >= 15 is 0 Å². The van der Waals surface area contributed by atoms with Crippen molar-refractivity contribution in [1.29, 1.82) is 0 Å². The van der Waals surface area contributed by atoms with E-state index in [-0.39, 0.29) is 63.6 Å². The SMILES string of the molecule is O=C(O)c1cc2ccccc2c(C(=O)O)c1C(=O)O.[Rb]. The Morgan fingerprint density at radius 1 is 0.800 bits per heavy atom. The van der Waals surface area contributed by atoms with Crippen LogP contribution in [0.2, 0.25) is 0 Å². The van der Waals surface area contributed by atoms with E-state index in [4.69, 9.17) is 15.3 Å². The topological polar surface area (TPSA) is 112 Å². The molecule has 0 aliphatic carbocycles. The zero-order chi connectivity index (χ0) is 14.2. The summed E-state index contributed by atoms with van der Waals surface area (Å²) in [6, 6.07) is 7.30. The van der Waals surface area contributed by atoms with Crippen molar-refractivity contribution in [2.75, 3.05) is 0 Å². The van der Waals surface area contributed by atoms with Crippen LogP contribution in [0, 0.1) is 0 Å². The summed E-state index contributed by atoms with van der Waals surface area (Å²) in [5.41, 5.74) is -1.76. The van der Waals surface area contributed by atoms with Gasteiger partial charge in [0.25, 0.3) is 0 Å². The standard InChI is InChI=1S/C13H8O6.Rb/c14-11(15)8-5-6-3-1-2-4-7(6)9(12(16)17)10(8)13(18)19;/h1-5H,(H,14,15)(H,16,17)(H,18,19);. The van der Waals surface area contributed by atoms with Gasteiger partial charge < -0.3 is 15.3 Å². The molecule has 3 N–H and O–H groups in total. The number of carboxylic acid groups (broad SMARTS) is 3. The Hall–Kier alpha value is -1.08. The van der Waals surface area contributed by atoms with Gasteiger partial charge in [-0.1, -0.05) is 24.3 Å². The summed E-state index contributed by atoms with van der Waals surface area (Å²) in [5, 5.41) is 27.8. The van der Waals surface area contributed by atoms with Gasteiger partial charge in [0.2, 0.25) is 0 Å². The van der Waals surface area contributed by atoms with Crippen LogP contribution in [0.4, 0.5) is 0 Å². The van der Waals surface area contributed by atoms with Gasteiger partial charge in [-0.2, -0.15) is 0 Å². The fraction of sp³-hybridized carbons (Fsp3) is 0. The second kappa shape index (κ2) is 6.58. The molecule has 0 amide bonds. The fourth-order valence-corrected chi connectivity index (χ4v) is 1.96. The number of benzene rings is 2. The molecule has 2 aromatic carbocycles. The summed E-state index contributed by atoms with van der Waals surface area (Å²) in [5.74, 6) is -4.54. The molecule has 0 atom stereocenters. The van der Waals surface area contributed by atoms with E-state index < -0.39 is 34.6 Å². The van der Waals surface area contributed by atoms with Gasteiger partial charge in [0.15, 0.2) is 0 Å². The van der Waals surface area contributed by atoms with Crippen molar-refractivity contribution < 1.29 is 29.7 Å². The van der Waals surface area contributed by atoms with E-state index in [2.05, 4.69) is 0 Å². The molecule has 0 aliphatic heterocycles. The molecule has 0 aliphatic rings. The van der Waals surface area contributed by atoms with E-state index in [0.29, 0.717) is 5.39 Å². The molecule has 2 rings (SSSR count). The third-order valence-corrected chi connectivity index (χ3v) is 2.71. The van der Waals surface area contributed by atoms with Gasteiger partial charge >= 0.3 is 17.9 Å². The minimum Gasteiger partial charge on any atom is -0.478 e. The quantitative estimate of drug-likeness (QED) is 0.778.